The quantitative estimate of drug-likeness (QED) is 0.781. The monoisotopic (exact) mass is 254 g/mol. The van der Waals surface area contributed by atoms with E-state index in [1.54, 1.807) is 0 Å². The second kappa shape index (κ2) is 3.94. The predicted octanol–water partition coefficient (Wildman–Crippen LogP) is 2.99. The van der Waals surface area contributed by atoms with Crippen LogP contribution in [0.3, 0.4) is 0 Å². The van der Waals surface area contributed by atoms with Crippen molar-refractivity contribution < 1.29 is 4.79 Å². The zero-order valence-corrected chi connectivity index (χ0v) is 11.2. The van der Waals surface area contributed by atoms with E-state index < -0.39 is 0 Å². The Morgan fingerprint density at radius 3 is 2.95 bits per heavy atom. The van der Waals surface area contributed by atoms with Gasteiger partial charge in [-0.1, -0.05) is 25.1 Å². The molecule has 0 N–H and O–H groups in total. The van der Waals surface area contributed by atoms with Crippen molar-refractivity contribution in [3.05, 3.63) is 35.5 Å². The second-order valence-corrected chi connectivity index (χ2v) is 5.54. The minimum atomic E-state index is 0.270. The molecule has 2 aliphatic rings. The van der Waals surface area contributed by atoms with Crippen molar-refractivity contribution in [2.75, 3.05) is 13.1 Å². The van der Waals surface area contributed by atoms with Crippen molar-refractivity contribution in [1.29, 1.82) is 0 Å². The summed E-state index contributed by atoms with van der Waals surface area (Å²) in [5.41, 5.74) is 3.81. The summed E-state index contributed by atoms with van der Waals surface area (Å²) in [6.07, 6.45) is 2.72. The van der Waals surface area contributed by atoms with Crippen LogP contribution in [0.25, 0.3) is 10.9 Å². The molecule has 3 heteroatoms. The van der Waals surface area contributed by atoms with Crippen LogP contribution in [0.2, 0.25) is 0 Å². The number of carbonyl (C=O) groups is 1. The van der Waals surface area contributed by atoms with Gasteiger partial charge in [0.05, 0.1) is 11.6 Å². The molecule has 1 unspecified atom stereocenters. The molecular formula is C16H18N2O. The number of aromatic nitrogens is 1. The number of carbonyl (C=O) groups excluding carboxylic acids is 1. The predicted molar refractivity (Wildman–Crippen MR) is 75.5 cm³/mol. The lowest BCUT2D eigenvalue weighted by atomic mass is 9.92. The highest BCUT2D eigenvalue weighted by Crippen LogP contribution is 2.41. The van der Waals surface area contributed by atoms with Gasteiger partial charge in [-0.25, -0.2) is 0 Å². The van der Waals surface area contributed by atoms with E-state index in [2.05, 4.69) is 30.0 Å². The number of nitrogens with zero attached hydrogens (tertiary/aromatic N) is 2. The Kier molecular flexibility index (Phi) is 2.33. The molecule has 3 nitrogen and oxygen atoms in total. The molecule has 19 heavy (non-hydrogen) atoms. The smallest absolute Gasteiger partial charge is 0.231 e. The number of hydrogen-bond donors (Lipinski definition) is 0. The molecule has 1 aromatic carbocycles. The van der Waals surface area contributed by atoms with Crippen molar-refractivity contribution in [2.24, 2.45) is 0 Å². The first kappa shape index (κ1) is 11.2. The number of para-hydroxylation sites is 1. The topological polar surface area (TPSA) is 25.2 Å². The summed E-state index contributed by atoms with van der Waals surface area (Å²) in [4.78, 5) is 14.9. The SMILES string of the molecule is CCN1CCc2c3n(c4ccccc24)C(=O)CCC31. The average Bonchev–Trinajstić information content (AvgIpc) is 2.79. The molecule has 3 heterocycles. The summed E-state index contributed by atoms with van der Waals surface area (Å²) < 4.78 is 2.00. The maximum absolute atomic E-state index is 12.3. The van der Waals surface area contributed by atoms with Gasteiger partial charge >= 0.3 is 0 Å². The van der Waals surface area contributed by atoms with Gasteiger partial charge in [0.25, 0.3) is 0 Å². The molecule has 0 amide bonds. The van der Waals surface area contributed by atoms with Gasteiger partial charge in [0.1, 0.15) is 0 Å². The van der Waals surface area contributed by atoms with Gasteiger partial charge < -0.3 is 0 Å². The molecule has 1 aromatic heterocycles. The Morgan fingerprint density at radius 1 is 1.26 bits per heavy atom. The molecule has 0 saturated heterocycles. The van der Waals surface area contributed by atoms with E-state index in [1.165, 1.54) is 16.6 Å². The van der Waals surface area contributed by atoms with E-state index in [0.717, 1.165) is 31.4 Å². The van der Waals surface area contributed by atoms with E-state index in [0.29, 0.717) is 12.5 Å². The normalized spacial score (nSPS) is 22.8. The van der Waals surface area contributed by atoms with Crippen LogP contribution in [0, 0.1) is 0 Å². The molecular weight excluding hydrogens is 236 g/mol. The van der Waals surface area contributed by atoms with Crippen LogP contribution in [-0.2, 0) is 6.42 Å². The zero-order chi connectivity index (χ0) is 13.0. The molecule has 0 bridgehead atoms. The van der Waals surface area contributed by atoms with Crippen molar-refractivity contribution in [3.63, 3.8) is 0 Å². The van der Waals surface area contributed by atoms with E-state index in [1.807, 2.05) is 10.6 Å². The van der Waals surface area contributed by atoms with Crippen LogP contribution < -0.4 is 0 Å². The fourth-order valence-corrected chi connectivity index (χ4v) is 3.86. The Bertz CT molecular complexity index is 671. The molecule has 0 spiro atoms. The largest absolute Gasteiger partial charge is 0.295 e. The van der Waals surface area contributed by atoms with Crippen LogP contribution in [0.15, 0.2) is 24.3 Å². The minimum Gasteiger partial charge on any atom is -0.295 e. The molecule has 0 fully saturated rings. The van der Waals surface area contributed by atoms with Gasteiger partial charge in [0.15, 0.2) is 0 Å². The molecule has 2 aromatic rings. The lowest BCUT2D eigenvalue weighted by Crippen LogP contribution is -2.39. The van der Waals surface area contributed by atoms with Gasteiger partial charge in [-0.3, -0.25) is 14.3 Å². The Balaban J connectivity index is 2.06. The number of benzene rings is 1. The van der Waals surface area contributed by atoms with E-state index >= 15 is 0 Å². The van der Waals surface area contributed by atoms with Crippen LogP contribution in [0.1, 0.15) is 41.9 Å². The first-order valence-corrected chi connectivity index (χ1v) is 7.20. The van der Waals surface area contributed by atoms with Crippen molar-refractivity contribution in [3.8, 4) is 0 Å². The fourth-order valence-electron chi connectivity index (χ4n) is 3.86. The molecule has 1 atom stereocenters. The molecule has 0 aliphatic carbocycles. The Morgan fingerprint density at radius 2 is 2.11 bits per heavy atom. The summed E-state index contributed by atoms with van der Waals surface area (Å²) in [6.45, 7) is 4.41. The van der Waals surface area contributed by atoms with Crippen LogP contribution in [0.5, 0.6) is 0 Å². The highest BCUT2D eigenvalue weighted by molar-refractivity contribution is 5.97. The van der Waals surface area contributed by atoms with Gasteiger partial charge in [-0.05, 0) is 31.0 Å². The summed E-state index contributed by atoms with van der Waals surface area (Å²) in [5.74, 6) is 0.270. The summed E-state index contributed by atoms with van der Waals surface area (Å²) in [5, 5.41) is 1.29. The van der Waals surface area contributed by atoms with Gasteiger partial charge in [-0.2, -0.15) is 0 Å². The summed E-state index contributed by atoms with van der Waals surface area (Å²) >= 11 is 0. The maximum Gasteiger partial charge on any atom is 0.231 e. The van der Waals surface area contributed by atoms with E-state index in [9.17, 15) is 4.79 Å². The average molecular weight is 254 g/mol. The van der Waals surface area contributed by atoms with Gasteiger partial charge in [0, 0.05) is 24.0 Å². The van der Waals surface area contributed by atoms with Crippen LogP contribution in [-0.4, -0.2) is 28.5 Å². The number of rotatable bonds is 1. The van der Waals surface area contributed by atoms with Gasteiger partial charge in [0.2, 0.25) is 5.91 Å². The zero-order valence-electron chi connectivity index (χ0n) is 11.2. The lowest BCUT2D eigenvalue weighted by molar-refractivity contribution is 0.0817. The van der Waals surface area contributed by atoms with Crippen LogP contribution in [0.4, 0.5) is 0 Å². The number of fused-ring (bicyclic) bond motifs is 3. The molecule has 98 valence electrons. The maximum atomic E-state index is 12.3. The molecule has 0 radical (unpaired) electrons. The molecule has 0 saturated carbocycles. The first-order chi connectivity index (χ1) is 9.31. The number of likely N-dealkylation sites (N-methyl/N-ethyl adjacent to an activating group) is 1. The summed E-state index contributed by atoms with van der Waals surface area (Å²) in [7, 11) is 0. The number of hydrogen-bond acceptors (Lipinski definition) is 2. The summed E-state index contributed by atoms with van der Waals surface area (Å²) in [6, 6.07) is 8.81. The Labute approximate surface area is 112 Å². The third-order valence-electron chi connectivity index (χ3n) is 4.71. The highest BCUT2D eigenvalue weighted by atomic mass is 16.2. The van der Waals surface area contributed by atoms with Crippen molar-refractivity contribution in [2.45, 2.75) is 32.2 Å². The third-order valence-corrected chi connectivity index (χ3v) is 4.71. The van der Waals surface area contributed by atoms with Crippen LogP contribution >= 0.6 is 0 Å². The minimum absolute atomic E-state index is 0.270. The Hall–Kier alpha value is -1.61. The molecule has 4 rings (SSSR count). The first-order valence-electron chi connectivity index (χ1n) is 7.20. The third kappa shape index (κ3) is 1.39. The van der Waals surface area contributed by atoms with Gasteiger partial charge in [-0.15, -0.1) is 0 Å². The fraction of sp³-hybridized carbons (Fsp3) is 0.438. The van der Waals surface area contributed by atoms with Crippen molar-refractivity contribution >= 4 is 16.8 Å². The standard InChI is InChI=1S/C16H18N2O/c1-2-17-10-9-12-11-5-3-4-6-13(11)18-15(19)8-7-14(17)16(12)18/h3-6,14H,2,7-10H2,1H3. The lowest BCUT2D eigenvalue weighted by Gasteiger charge is -2.38. The highest BCUT2D eigenvalue weighted by Gasteiger charge is 2.36. The van der Waals surface area contributed by atoms with Crippen molar-refractivity contribution in [1.82, 2.24) is 9.47 Å². The van der Waals surface area contributed by atoms with E-state index in [-0.39, 0.29) is 5.91 Å². The van der Waals surface area contributed by atoms with E-state index in [4.69, 9.17) is 0 Å². The second-order valence-electron chi connectivity index (χ2n) is 5.54. The molecule has 2 aliphatic heterocycles.